The van der Waals surface area contributed by atoms with Crippen LogP contribution in [-0.2, 0) is 11.3 Å². The van der Waals surface area contributed by atoms with Crippen LogP contribution in [-0.4, -0.2) is 48.6 Å². The van der Waals surface area contributed by atoms with Gasteiger partial charge in [-0.3, -0.25) is 14.7 Å². The Morgan fingerprint density at radius 1 is 0.939 bits per heavy atom. The van der Waals surface area contributed by atoms with Gasteiger partial charge in [0.1, 0.15) is 18.1 Å². The summed E-state index contributed by atoms with van der Waals surface area (Å²) in [6.45, 7) is 3.96. The van der Waals surface area contributed by atoms with E-state index in [1.54, 1.807) is 12.4 Å². The van der Waals surface area contributed by atoms with Gasteiger partial charge in [-0.25, -0.2) is 0 Å². The highest BCUT2D eigenvalue weighted by Gasteiger charge is 2.32. The Labute approximate surface area is 195 Å². The molecule has 2 atom stereocenters. The fraction of sp³-hybridized carbons (Fsp3) is 0.333. The van der Waals surface area contributed by atoms with Gasteiger partial charge < -0.3 is 14.8 Å². The molecule has 0 bridgehead atoms. The largest absolute Gasteiger partial charge is 0.492 e. The van der Waals surface area contributed by atoms with Crippen LogP contribution in [0.1, 0.15) is 12.0 Å². The van der Waals surface area contributed by atoms with Crippen molar-refractivity contribution in [2.45, 2.75) is 13.0 Å². The third-order valence-corrected chi connectivity index (χ3v) is 5.77. The highest BCUT2D eigenvalue weighted by Crippen LogP contribution is 2.25. The van der Waals surface area contributed by atoms with E-state index in [-0.39, 0.29) is 17.7 Å². The minimum absolute atomic E-state index is 0.0794. The zero-order chi connectivity index (χ0) is 22.7. The van der Waals surface area contributed by atoms with Crippen LogP contribution in [0.2, 0.25) is 0 Å². The molecule has 33 heavy (non-hydrogen) atoms. The number of aromatic nitrogens is 1. The van der Waals surface area contributed by atoms with E-state index in [1.165, 1.54) is 5.56 Å². The first-order valence-corrected chi connectivity index (χ1v) is 11.5. The number of ether oxygens (including phenoxy) is 2. The maximum absolute atomic E-state index is 13.0. The monoisotopic (exact) mass is 445 g/mol. The van der Waals surface area contributed by atoms with Gasteiger partial charge in [-0.1, -0.05) is 48.5 Å². The minimum atomic E-state index is -0.0818. The summed E-state index contributed by atoms with van der Waals surface area (Å²) < 4.78 is 11.7. The molecule has 0 unspecified atom stereocenters. The van der Waals surface area contributed by atoms with Gasteiger partial charge in [-0.15, -0.1) is 0 Å². The fourth-order valence-corrected chi connectivity index (χ4v) is 4.23. The number of carbonyl (C=O) groups is 1. The summed E-state index contributed by atoms with van der Waals surface area (Å²) in [5.41, 5.74) is 1.25. The number of carbonyl (C=O) groups excluding carboxylic acids is 1. The van der Waals surface area contributed by atoms with Gasteiger partial charge in [0.05, 0.1) is 25.3 Å². The third-order valence-electron chi connectivity index (χ3n) is 5.77. The van der Waals surface area contributed by atoms with Gasteiger partial charge in [-0.05, 0) is 36.2 Å². The summed E-state index contributed by atoms with van der Waals surface area (Å²) in [4.78, 5) is 19.5. The van der Waals surface area contributed by atoms with Gasteiger partial charge in [0.15, 0.2) is 0 Å². The molecule has 1 fully saturated rings. The smallest absolute Gasteiger partial charge is 0.224 e. The molecule has 0 aliphatic carbocycles. The lowest BCUT2D eigenvalue weighted by Crippen LogP contribution is -2.47. The molecular formula is C27H31N3O3. The summed E-state index contributed by atoms with van der Waals surface area (Å²) in [6, 6.07) is 23.8. The molecule has 2 aromatic carbocycles. The molecule has 1 aliphatic heterocycles. The second-order valence-corrected chi connectivity index (χ2v) is 8.43. The van der Waals surface area contributed by atoms with Crippen LogP contribution in [0.15, 0.2) is 85.2 Å². The van der Waals surface area contributed by atoms with E-state index in [0.29, 0.717) is 19.8 Å². The van der Waals surface area contributed by atoms with Gasteiger partial charge in [0.2, 0.25) is 5.91 Å². The molecule has 1 aromatic heterocycles. The van der Waals surface area contributed by atoms with Crippen molar-refractivity contribution in [1.82, 2.24) is 15.2 Å². The van der Waals surface area contributed by atoms with Crippen molar-refractivity contribution in [1.29, 1.82) is 0 Å². The first-order valence-electron chi connectivity index (χ1n) is 11.5. The van der Waals surface area contributed by atoms with Crippen LogP contribution >= 0.6 is 0 Å². The van der Waals surface area contributed by atoms with E-state index in [1.807, 2.05) is 48.5 Å². The molecule has 6 nitrogen and oxygen atoms in total. The van der Waals surface area contributed by atoms with Crippen LogP contribution in [0, 0.1) is 11.8 Å². The van der Waals surface area contributed by atoms with Crippen LogP contribution in [0.3, 0.4) is 0 Å². The van der Waals surface area contributed by atoms with Crippen LogP contribution in [0.25, 0.3) is 0 Å². The Kier molecular flexibility index (Phi) is 8.30. The first kappa shape index (κ1) is 22.8. The summed E-state index contributed by atoms with van der Waals surface area (Å²) >= 11 is 0. The highest BCUT2D eigenvalue weighted by atomic mass is 16.5. The molecule has 172 valence electrons. The normalized spacial score (nSPS) is 18.4. The number of hydrogen-bond acceptors (Lipinski definition) is 5. The lowest BCUT2D eigenvalue weighted by Gasteiger charge is -2.37. The molecular weight excluding hydrogens is 414 g/mol. The van der Waals surface area contributed by atoms with Gasteiger partial charge >= 0.3 is 0 Å². The number of nitrogens with zero attached hydrogens (tertiary/aromatic N) is 2. The summed E-state index contributed by atoms with van der Waals surface area (Å²) in [5.74, 6) is 1.83. The Morgan fingerprint density at radius 3 is 2.45 bits per heavy atom. The number of rotatable bonds is 10. The second kappa shape index (κ2) is 12.0. The SMILES string of the molecule is O=C(NCCOc1ccccc1)[C@@H]1C[C@H](COc2cccnc2)CN(Cc2ccccc2)C1. The molecule has 3 aromatic rings. The average molecular weight is 446 g/mol. The molecule has 2 heterocycles. The average Bonchev–Trinajstić information content (AvgIpc) is 2.87. The Balaban J connectivity index is 1.32. The topological polar surface area (TPSA) is 63.7 Å². The van der Waals surface area contributed by atoms with Crippen LogP contribution < -0.4 is 14.8 Å². The molecule has 0 saturated carbocycles. The quantitative estimate of drug-likeness (QED) is 0.481. The van der Waals surface area contributed by atoms with E-state index in [4.69, 9.17) is 9.47 Å². The number of pyridine rings is 1. The molecule has 0 radical (unpaired) electrons. The lowest BCUT2D eigenvalue weighted by molar-refractivity contribution is -0.127. The number of piperidine rings is 1. The lowest BCUT2D eigenvalue weighted by atomic mass is 9.88. The second-order valence-electron chi connectivity index (χ2n) is 8.43. The van der Waals surface area contributed by atoms with Crippen LogP contribution in [0.5, 0.6) is 11.5 Å². The molecule has 1 N–H and O–H groups in total. The molecule has 1 amide bonds. The Morgan fingerprint density at radius 2 is 1.70 bits per heavy atom. The van der Waals surface area contributed by atoms with Crippen molar-refractivity contribution in [3.8, 4) is 11.5 Å². The van der Waals surface area contributed by atoms with Crippen molar-refractivity contribution in [3.63, 3.8) is 0 Å². The number of amides is 1. The van der Waals surface area contributed by atoms with E-state index < -0.39 is 0 Å². The van der Waals surface area contributed by atoms with Gasteiger partial charge in [0.25, 0.3) is 0 Å². The number of benzene rings is 2. The predicted octanol–water partition coefficient (Wildman–Crippen LogP) is 3.79. The fourth-order valence-electron chi connectivity index (χ4n) is 4.23. The predicted molar refractivity (Wildman–Crippen MR) is 128 cm³/mol. The minimum Gasteiger partial charge on any atom is -0.492 e. The summed E-state index contributed by atoms with van der Waals surface area (Å²) in [5, 5.41) is 3.06. The van der Waals surface area contributed by atoms with Gasteiger partial charge in [-0.2, -0.15) is 0 Å². The number of hydrogen-bond donors (Lipinski definition) is 1. The van der Waals surface area contributed by atoms with E-state index in [0.717, 1.165) is 37.6 Å². The maximum Gasteiger partial charge on any atom is 0.224 e. The Bertz CT molecular complexity index is 970. The molecule has 6 heteroatoms. The third kappa shape index (κ3) is 7.32. The van der Waals surface area contributed by atoms with Crippen molar-refractivity contribution >= 4 is 5.91 Å². The zero-order valence-electron chi connectivity index (χ0n) is 18.8. The van der Waals surface area contributed by atoms with E-state index >= 15 is 0 Å². The zero-order valence-corrected chi connectivity index (χ0v) is 18.8. The van der Waals surface area contributed by atoms with E-state index in [2.05, 4.69) is 39.5 Å². The van der Waals surface area contributed by atoms with Crippen molar-refractivity contribution < 1.29 is 14.3 Å². The van der Waals surface area contributed by atoms with Crippen molar-refractivity contribution in [2.24, 2.45) is 11.8 Å². The van der Waals surface area contributed by atoms with E-state index in [9.17, 15) is 4.79 Å². The standard InChI is InChI=1S/C27H31N3O3/c31-27(29-14-15-32-25-10-5-2-6-11-25)24-16-23(21-33-26-12-7-13-28-17-26)19-30(20-24)18-22-8-3-1-4-9-22/h1-13,17,23-24H,14-16,18-21H2,(H,29,31)/t23-,24+/m0/s1. The Hall–Kier alpha value is -3.38. The molecule has 4 rings (SSSR count). The first-order chi connectivity index (χ1) is 16.3. The maximum atomic E-state index is 13.0. The highest BCUT2D eigenvalue weighted by molar-refractivity contribution is 5.79. The van der Waals surface area contributed by atoms with Crippen molar-refractivity contribution in [2.75, 3.05) is 32.8 Å². The molecule has 0 spiro atoms. The number of nitrogens with one attached hydrogen (secondary N) is 1. The number of likely N-dealkylation sites (tertiary alicyclic amines) is 1. The molecule has 1 saturated heterocycles. The van der Waals surface area contributed by atoms with Crippen LogP contribution in [0.4, 0.5) is 0 Å². The van der Waals surface area contributed by atoms with Crippen molar-refractivity contribution in [3.05, 3.63) is 90.8 Å². The number of para-hydroxylation sites is 1. The van der Waals surface area contributed by atoms with Gasteiger partial charge in [0, 0.05) is 31.7 Å². The molecule has 1 aliphatic rings. The summed E-state index contributed by atoms with van der Waals surface area (Å²) in [6.07, 6.45) is 4.26. The summed E-state index contributed by atoms with van der Waals surface area (Å²) in [7, 11) is 0.